The van der Waals surface area contributed by atoms with E-state index < -0.39 is 5.97 Å². The summed E-state index contributed by atoms with van der Waals surface area (Å²) in [4.78, 5) is 10.9. The zero-order valence-electron chi connectivity index (χ0n) is 10.4. The van der Waals surface area contributed by atoms with E-state index in [1.165, 1.54) is 0 Å². The first-order valence-corrected chi connectivity index (χ1v) is 6.12. The summed E-state index contributed by atoms with van der Waals surface area (Å²) in [5, 5.41) is 15.4. The maximum Gasteiger partial charge on any atom is 0.335 e. The highest BCUT2D eigenvalue weighted by Crippen LogP contribution is 2.30. The molecule has 0 fully saturated rings. The third-order valence-corrected chi connectivity index (χ3v) is 3.01. The minimum absolute atomic E-state index is 0.245. The average Bonchev–Trinajstić information content (AvgIpc) is 2.38. The van der Waals surface area contributed by atoms with Crippen LogP contribution in [0.4, 0.5) is 5.69 Å². The zero-order chi connectivity index (χ0) is 13.0. The van der Waals surface area contributed by atoms with Crippen LogP contribution in [0.25, 0.3) is 0 Å². The molecule has 98 valence electrons. The van der Waals surface area contributed by atoms with Gasteiger partial charge in [0.15, 0.2) is 0 Å². The summed E-state index contributed by atoms with van der Waals surface area (Å²) in [6.07, 6.45) is 2.06. The molecule has 5 heteroatoms. The van der Waals surface area contributed by atoms with Gasteiger partial charge in [-0.05, 0) is 44.6 Å². The number of hydrogen-bond donors (Lipinski definition) is 3. The molecule has 1 aliphatic rings. The molecular weight excluding hydrogens is 232 g/mol. The molecule has 1 aromatic carbocycles. The number of carboxylic acid groups (broad SMARTS) is 1. The van der Waals surface area contributed by atoms with E-state index in [1.54, 1.807) is 18.2 Å². The third kappa shape index (κ3) is 2.92. The van der Waals surface area contributed by atoms with Crippen LogP contribution in [-0.4, -0.2) is 37.3 Å². The summed E-state index contributed by atoms with van der Waals surface area (Å²) in [5.41, 5.74) is 1.05. The minimum Gasteiger partial charge on any atom is -0.489 e. The Balaban J connectivity index is 2.02. The van der Waals surface area contributed by atoms with Gasteiger partial charge in [-0.2, -0.15) is 0 Å². The Hall–Kier alpha value is -1.75. The maximum absolute atomic E-state index is 10.9. The quantitative estimate of drug-likeness (QED) is 0.692. The lowest BCUT2D eigenvalue weighted by Gasteiger charge is -2.27. The lowest BCUT2D eigenvalue weighted by Crippen LogP contribution is -2.32. The molecule has 2 rings (SSSR count). The molecule has 1 aromatic rings. The number of nitrogens with one attached hydrogen (secondary N) is 2. The summed E-state index contributed by atoms with van der Waals surface area (Å²) < 4.78 is 5.63. The second kappa shape index (κ2) is 5.73. The van der Waals surface area contributed by atoms with E-state index in [0.717, 1.165) is 30.8 Å². The van der Waals surface area contributed by atoms with E-state index in [0.29, 0.717) is 6.61 Å². The van der Waals surface area contributed by atoms with Crippen LogP contribution >= 0.6 is 0 Å². The van der Waals surface area contributed by atoms with E-state index in [9.17, 15) is 4.79 Å². The molecular formula is C13H18N2O3. The van der Waals surface area contributed by atoms with Crippen LogP contribution in [0.5, 0.6) is 5.75 Å². The van der Waals surface area contributed by atoms with Crippen molar-refractivity contribution in [3.05, 3.63) is 23.8 Å². The van der Waals surface area contributed by atoms with Crippen LogP contribution in [0.2, 0.25) is 0 Å². The van der Waals surface area contributed by atoms with Crippen LogP contribution < -0.4 is 15.4 Å². The van der Waals surface area contributed by atoms with Crippen molar-refractivity contribution in [1.82, 2.24) is 5.32 Å². The van der Waals surface area contributed by atoms with Gasteiger partial charge in [-0.15, -0.1) is 0 Å². The fourth-order valence-electron chi connectivity index (χ4n) is 2.03. The molecule has 0 radical (unpaired) electrons. The fourth-order valence-corrected chi connectivity index (χ4v) is 2.03. The molecule has 3 N–H and O–H groups in total. The van der Waals surface area contributed by atoms with Crippen LogP contribution in [0.1, 0.15) is 23.2 Å². The van der Waals surface area contributed by atoms with Crippen LogP contribution in [-0.2, 0) is 0 Å². The number of anilines is 1. The number of carboxylic acids is 1. The number of fused-ring (bicyclic) bond motifs is 1. The molecule has 5 nitrogen and oxygen atoms in total. The molecule has 0 aliphatic carbocycles. The van der Waals surface area contributed by atoms with Gasteiger partial charge in [0.2, 0.25) is 0 Å². The monoisotopic (exact) mass is 250 g/mol. The highest BCUT2D eigenvalue weighted by molar-refractivity contribution is 5.89. The molecule has 1 aliphatic heterocycles. The Morgan fingerprint density at radius 2 is 2.44 bits per heavy atom. The van der Waals surface area contributed by atoms with Gasteiger partial charge in [-0.1, -0.05) is 0 Å². The van der Waals surface area contributed by atoms with Gasteiger partial charge in [0.05, 0.1) is 17.3 Å². The second-order valence-electron chi connectivity index (χ2n) is 4.41. The van der Waals surface area contributed by atoms with E-state index in [1.807, 2.05) is 7.05 Å². The molecule has 0 amide bonds. The van der Waals surface area contributed by atoms with E-state index in [-0.39, 0.29) is 11.6 Å². The van der Waals surface area contributed by atoms with Gasteiger partial charge in [0.1, 0.15) is 12.4 Å². The zero-order valence-corrected chi connectivity index (χ0v) is 10.4. The lowest BCUT2D eigenvalue weighted by atomic mass is 10.1. The normalized spacial score (nSPS) is 17.5. The molecule has 0 spiro atoms. The van der Waals surface area contributed by atoms with Crippen LogP contribution in [0.3, 0.4) is 0 Å². The molecule has 0 bridgehead atoms. The van der Waals surface area contributed by atoms with Gasteiger partial charge in [0.25, 0.3) is 0 Å². The molecule has 1 atom stereocenters. The Morgan fingerprint density at radius 1 is 1.61 bits per heavy atom. The maximum atomic E-state index is 10.9. The molecule has 0 saturated carbocycles. The van der Waals surface area contributed by atoms with Gasteiger partial charge in [-0.25, -0.2) is 4.79 Å². The van der Waals surface area contributed by atoms with Gasteiger partial charge < -0.3 is 20.5 Å². The largest absolute Gasteiger partial charge is 0.489 e. The third-order valence-electron chi connectivity index (χ3n) is 3.01. The van der Waals surface area contributed by atoms with E-state index >= 15 is 0 Å². The molecule has 0 saturated heterocycles. The van der Waals surface area contributed by atoms with Crippen LogP contribution in [0.15, 0.2) is 18.2 Å². The second-order valence-corrected chi connectivity index (χ2v) is 4.41. The van der Waals surface area contributed by atoms with Crippen molar-refractivity contribution in [2.24, 2.45) is 0 Å². The fraction of sp³-hybridized carbons (Fsp3) is 0.462. The molecule has 18 heavy (non-hydrogen) atoms. The number of carbonyl (C=O) groups is 1. The van der Waals surface area contributed by atoms with Crippen molar-refractivity contribution in [2.45, 2.75) is 18.9 Å². The van der Waals surface area contributed by atoms with Crippen molar-refractivity contribution < 1.29 is 14.6 Å². The topological polar surface area (TPSA) is 70.6 Å². The first kappa shape index (κ1) is 12.7. The van der Waals surface area contributed by atoms with Crippen molar-refractivity contribution in [1.29, 1.82) is 0 Å². The molecule has 0 aromatic heterocycles. The van der Waals surface area contributed by atoms with E-state index in [2.05, 4.69) is 10.6 Å². The molecule has 1 heterocycles. The summed E-state index contributed by atoms with van der Waals surface area (Å²) in [6, 6.07) is 5.14. The summed E-state index contributed by atoms with van der Waals surface area (Å²) in [7, 11) is 1.93. The van der Waals surface area contributed by atoms with Gasteiger partial charge >= 0.3 is 5.97 Å². The van der Waals surface area contributed by atoms with Gasteiger partial charge in [0, 0.05) is 0 Å². The Morgan fingerprint density at radius 3 is 3.17 bits per heavy atom. The first-order valence-electron chi connectivity index (χ1n) is 6.12. The Labute approximate surface area is 106 Å². The van der Waals surface area contributed by atoms with Crippen LogP contribution in [0, 0.1) is 0 Å². The Kier molecular flexibility index (Phi) is 4.04. The highest BCUT2D eigenvalue weighted by Gasteiger charge is 2.19. The molecule has 1 unspecified atom stereocenters. The van der Waals surface area contributed by atoms with Crippen molar-refractivity contribution in [3.63, 3.8) is 0 Å². The van der Waals surface area contributed by atoms with Gasteiger partial charge in [-0.3, -0.25) is 0 Å². The predicted molar refractivity (Wildman–Crippen MR) is 69.5 cm³/mol. The standard InChI is InChI=1S/C13H18N2O3/c1-14-6-2-3-10-8-18-12-5-4-9(13(16)17)7-11(12)15-10/h4-5,7,10,14-15H,2-3,6,8H2,1H3,(H,16,17). The minimum atomic E-state index is -0.920. The number of hydrogen-bond acceptors (Lipinski definition) is 4. The predicted octanol–water partition coefficient (Wildman–Crippen LogP) is 1.56. The lowest BCUT2D eigenvalue weighted by molar-refractivity contribution is 0.0697. The highest BCUT2D eigenvalue weighted by atomic mass is 16.5. The number of ether oxygens (including phenoxy) is 1. The average molecular weight is 250 g/mol. The number of benzene rings is 1. The van der Waals surface area contributed by atoms with Crippen molar-refractivity contribution in [3.8, 4) is 5.75 Å². The smallest absolute Gasteiger partial charge is 0.335 e. The van der Waals surface area contributed by atoms with Crippen molar-refractivity contribution in [2.75, 3.05) is 25.5 Å². The SMILES string of the molecule is CNCCCC1COc2ccc(C(=O)O)cc2N1. The number of rotatable bonds is 5. The van der Waals surface area contributed by atoms with E-state index in [4.69, 9.17) is 9.84 Å². The summed E-state index contributed by atoms with van der Waals surface area (Å²) >= 11 is 0. The Bertz CT molecular complexity index is 434. The summed E-state index contributed by atoms with van der Waals surface area (Å²) in [5.74, 6) is -0.193. The van der Waals surface area contributed by atoms with Crippen molar-refractivity contribution >= 4 is 11.7 Å². The number of aromatic carboxylic acids is 1. The first-order chi connectivity index (χ1) is 8.70. The summed E-state index contributed by atoms with van der Waals surface area (Å²) in [6.45, 7) is 1.60.